The monoisotopic (exact) mass is 412 g/mol. The van der Waals surface area contributed by atoms with Crippen LogP contribution >= 0.6 is 0 Å². The molecular formula is C27H28N2O2. The van der Waals surface area contributed by atoms with Crippen LogP contribution in [0, 0.1) is 18.8 Å². The molecule has 158 valence electrons. The molecule has 6 rings (SSSR count). The van der Waals surface area contributed by atoms with E-state index in [0.717, 1.165) is 41.5 Å². The van der Waals surface area contributed by atoms with Crippen LogP contribution in [0.1, 0.15) is 40.4 Å². The number of aromatic nitrogens is 1. The fourth-order valence-corrected chi connectivity index (χ4v) is 5.28. The van der Waals surface area contributed by atoms with Gasteiger partial charge in [0.05, 0.1) is 17.1 Å². The van der Waals surface area contributed by atoms with Gasteiger partial charge < -0.3 is 4.74 Å². The van der Waals surface area contributed by atoms with Crippen molar-refractivity contribution in [3.8, 4) is 0 Å². The van der Waals surface area contributed by atoms with E-state index in [-0.39, 0.29) is 18.1 Å². The fraction of sp³-hybridized carbons (Fsp3) is 0.333. The number of benzene rings is 2. The van der Waals surface area contributed by atoms with Crippen molar-refractivity contribution in [1.82, 2.24) is 9.88 Å². The molecule has 0 aliphatic carbocycles. The van der Waals surface area contributed by atoms with E-state index >= 15 is 0 Å². The van der Waals surface area contributed by atoms with Crippen molar-refractivity contribution in [2.75, 3.05) is 13.1 Å². The molecule has 3 saturated heterocycles. The summed E-state index contributed by atoms with van der Waals surface area (Å²) in [5.74, 6) is 0.850. The summed E-state index contributed by atoms with van der Waals surface area (Å²) in [6.07, 6.45) is 5.78. The fourth-order valence-electron chi connectivity index (χ4n) is 5.28. The number of para-hydroxylation sites is 1. The summed E-state index contributed by atoms with van der Waals surface area (Å²) < 4.78 is 6.30. The summed E-state index contributed by atoms with van der Waals surface area (Å²) in [5.41, 5.74) is 3.68. The van der Waals surface area contributed by atoms with Crippen LogP contribution in [0.25, 0.3) is 10.9 Å². The predicted molar refractivity (Wildman–Crippen MR) is 123 cm³/mol. The third-order valence-electron chi connectivity index (χ3n) is 7.01. The molecule has 4 heterocycles. The predicted octanol–water partition coefficient (Wildman–Crippen LogP) is 5.34. The van der Waals surface area contributed by atoms with E-state index in [9.17, 15) is 4.79 Å². The van der Waals surface area contributed by atoms with Gasteiger partial charge in [-0.25, -0.2) is 4.79 Å². The van der Waals surface area contributed by atoms with E-state index in [1.165, 1.54) is 6.42 Å². The molecule has 1 aromatic heterocycles. The van der Waals surface area contributed by atoms with Gasteiger partial charge in [-0.15, -0.1) is 6.58 Å². The van der Waals surface area contributed by atoms with Crippen molar-refractivity contribution in [2.24, 2.45) is 11.8 Å². The molecular weight excluding hydrogens is 384 g/mol. The number of carbonyl (C=O) groups is 1. The Morgan fingerprint density at radius 1 is 1.19 bits per heavy atom. The molecule has 0 saturated carbocycles. The Kier molecular flexibility index (Phi) is 5.33. The van der Waals surface area contributed by atoms with Gasteiger partial charge in [0.2, 0.25) is 0 Å². The summed E-state index contributed by atoms with van der Waals surface area (Å²) in [6.45, 7) is 8.09. The Hall–Kier alpha value is -2.98. The Labute approximate surface area is 183 Å². The number of pyridine rings is 1. The topological polar surface area (TPSA) is 42.4 Å². The van der Waals surface area contributed by atoms with Crippen molar-refractivity contribution >= 4 is 16.9 Å². The lowest BCUT2D eigenvalue weighted by atomic mass is 9.73. The molecule has 3 aromatic rings. The van der Waals surface area contributed by atoms with Crippen LogP contribution in [0.2, 0.25) is 0 Å². The molecule has 3 aliphatic rings. The van der Waals surface area contributed by atoms with Crippen LogP contribution in [-0.4, -0.2) is 35.0 Å². The normalized spacial score (nSPS) is 25.8. The molecule has 0 N–H and O–H groups in total. The minimum atomic E-state index is -0.338. The van der Waals surface area contributed by atoms with Gasteiger partial charge >= 0.3 is 5.97 Å². The molecule has 3 aliphatic heterocycles. The minimum Gasteiger partial charge on any atom is -0.452 e. The number of nitrogens with zero attached hydrogens (tertiary/aromatic N) is 2. The average molecular weight is 413 g/mol. The highest BCUT2D eigenvalue weighted by Crippen LogP contribution is 2.43. The maximum absolute atomic E-state index is 13.2. The standard InChI is InChI=1S/C27H28N2O2/c1-3-19-17-29-15-13-21(19)16-25(29)26(31-27(30)20-10-8-18(2)9-11-20)23-12-14-28-24-7-5-4-6-22(23)24/h3-12,14,19,21,25-26H,1,13,15-17H2,2H3/t19-,21+,25+,26+/m1/s1. The molecule has 0 amide bonds. The largest absolute Gasteiger partial charge is 0.452 e. The Morgan fingerprint density at radius 3 is 2.74 bits per heavy atom. The number of fused-ring (bicyclic) bond motifs is 4. The van der Waals surface area contributed by atoms with Gasteiger partial charge in [-0.2, -0.15) is 0 Å². The second-order valence-corrected chi connectivity index (χ2v) is 8.86. The zero-order chi connectivity index (χ0) is 21.4. The summed E-state index contributed by atoms with van der Waals surface area (Å²) in [7, 11) is 0. The number of hydrogen-bond donors (Lipinski definition) is 0. The van der Waals surface area contributed by atoms with Crippen LogP contribution in [0.15, 0.2) is 73.4 Å². The summed E-state index contributed by atoms with van der Waals surface area (Å²) in [4.78, 5) is 20.2. The van der Waals surface area contributed by atoms with Crippen LogP contribution in [0.5, 0.6) is 0 Å². The van der Waals surface area contributed by atoms with Crippen molar-refractivity contribution in [3.63, 3.8) is 0 Å². The van der Waals surface area contributed by atoms with Crippen molar-refractivity contribution in [2.45, 2.75) is 31.9 Å². The van der Waals surface area contributed by atoms with E-state index in [2.05, 4.69) is 28.6 Å². The van der Waals surface area contributed by atoms with E-state index in [0.29, 0.717) is 17.4 Å². The van der Waals surface area contributed by atoms with Crippen LogP contribution in [0.3, 0.4) is 0 Å². The first-order chi connectivity index (χ1) is 15.1. The second kappa shape index (κ2) is 8.27. The molecule has 0 radical (unpaired) electrons. The summed E-state index contributed by atoms with van der Waals surface area (Å²) >= 11 is 0. The highest BCUT2D eigenvalue weighted by atomic mass is 16.5. The van der Waals surface area contributed by atoms with Crippen molar-refractivity contribution in [1.29, 1.82) is 0 Å². The number of piperidine rings is 3. The number of aryl methyl sites for hydroxylation is 1. The second-order valence-electron chi connectivity index (χ2n) is 8.86. The first-order valence-corrected chi connectivity index (χ1v) is 11.1. The van der Waals surface area contributed by atoms with Crippen LogP contribution < -0.4 is 0 Å². The first-order valence-electron chi connectivity index (χ1n) is 11.1. The molecule has 2 bridgehead atoms. The van der Waals surface area contributed by atoms with Crippen LogP contribution in [0.4, 0.5) is 0 Å². The van der Waals surface area contributed by atoms with E-state index in [1.807, 2.05) is 61.7 Å². The van der Waals surface area contributed by atoms with Gasteiger partial charge in [0, 0.05) is 23.7 Å². The van der Waals surface area contributed by atoms with Gasteiger partial charge in [0.15, 0.2) is 0 Å². The van der Waals surface area contributed by atoms with Gasteiger partial charge in [-0.1, -0.05) is 42.0 Å². The van der Waals surface area contributed by atoms with Gasteiger partial charge in [-0.05, 0) is 62.4 Å². The summed E-state index contributed by atoms with van der Waals surface area (Å²) in [5, 5.41) is 1.05. The molecule has 4 heteroatoms. The average Bonchev–Trinajstić information content (AvgIpc) is 2.82. The third kappa shape index (κ3) is 3.77. The lowest BCUT2D eigenvalue weighted by Gasteiger charge is -2.51. The Morgan fingerprint density at radius 2 is 2.00 bits per heavy atom. The Bertz CT molecular complexity index is 1100. The van der Waals surface area contributed by atoms with E-state index < -0.39 is 0 Å². The number of hydrogen-bond acceptors (Lipinski definition) is 4. The summed E-state index contributed by atoms with van der Waals surface area (Å²) in [6, 6.07) is 17.9. The van der Waals surface area contributed by atoms with Gasteiger partial charge in [0.25, 0.3) is 0 Å². The molecule has 4 nitrogen and oxygen atoms in total. The number of esters is 1. The smallest absolute Gasteiger partial charge is 0.338 e. The van der Waals surface area contributed by atoms with E-state index in [1.54, 1.807) is 0 Å². The lowest BCUT2D eigenvalue weighted by molar-refractivity contribution is -0.0568. The lowest BCUT2D eigenvalue weighted by Crippen LogP contribution is -2.55. The van der Waals surface area contributed by atoms with Crippen molar-refractivity contribution in [3.05, 3.63) is 90.1 Å². The SMILES string of the molecule is C=C[C@@H]1CN2CC[C@H]1C[C@H]2[C@@H](OC(=O)c1ccc(C)cc1)c1ccnc2ccccc12. The molecule has 1 unspecified atom stereocenters. The molecule has 3 fully saturated rings. The van der Waals surface area contributed by atoms with E-state index in [4.69, 9.17) is 4.74 Å². The third-order valence-corrected chi connectivity index (χ3v) is 7.01. The Balaban J connectivity index is 1.53. The maximum Gasteiger partial charge on any atom is 0.338 e. The van der Waals surface area contributed by atoms with Gasteiger partial charge in [0.1, 0.15) is 6.10 Å². The number of rotatable bonds is 5. The molecule has 31 heavy (non-hydrogen) atoms. The number of ether oxygens (including phenoxy) is 1. The molecule has 0 spiro atoms. The quantitative estimate of drug-likeness (QED) is 0.419. The minimum absolute atomic E-state index is 0.162. The highest BCUT2D eigenvalue weighted by Gasteiger charge is 2.44. The molecule has 5 atom stereocenters. The van der Waals surface area contributed by atoms with Gasteiger partial charge in [-0.3, -0.25) is 9.88 Å². The zero-order valence-corrected chi connectivity index (χ0v) is 17.9. The maximum atomic E-state index is 13.2. The van der Waals surface area contributed by atoms with Crippen molar-refractivity contribution < 1.29 is 9.53 Å². The number of carbonyl (C=O) groups excluding carboxylic acids is 1. The molecule has 2 aromatic carbocycles. The highest BCUT2D eigenvalue weighted by molar-refractivity contribution is 5.90. The van der Waals surface area contributed by atoms with Crippen LogP contribution in [-0.2, 0) is 4.74 Å². The first kappa shape index (κ1) is 20.0. The zero-order valence-electron chi connectivity index (χ0n) is 17.9.